The highest BCUT2D eigenvalue weighted by atomic mass is 15.4. The topological polar surface area (TPSA) is 64.8 Å². The molecule has 5 rings (SSSR count). The number of rotatable bonds is 4. The summed E-state index contributed by atoms with van der Waals surface area (Å²) in [6.45, 7) is 10.2. The number of hydrogen-bond acceptors (Lipinski definition) is 7. The van der Waals surface area contributed by atoms with Crippen molar-refractivity contribution in [1.29, 1.82) is 0 Å². The number of imidazole rings is 1. The zero-order valence-corrected chi connectivity index (χ0v) is 17.5. The molecular formula is C22H28N8. The van der Waals surface area contributed by atoms with Gasteiger partial charge in [-0.1, -0.05) is 12.2 Å². The second-order valence-corrected chi connectivity index (χ2v) is 8.19. The molecule has 2 aliphatic rings. The van der Waals surface area contributed by atoms with Crippen LogP contribution in [0.2, 0.25) is 0 Å². The van der Waals surface area contributed by atoms with Crippen LogP contribution in [-0.2, 0) is 0 Å². The number of fused-ring (bicyclic) bond motifs is 1. The van der Waals surface area contributed by atoms with E-state index in [1.165, 1.54) is 11.3 Å². The Morgan fingerprint density at radius 1 is 1.00 bits per heavy atom. The highest BCUT2D eigenvalue weighted by Gasteiger charge is 2.19. The molecule has 0 atom stereocenters. The molecule has 2 aliphatic heterocycles. The second-order valence-electron chi connectivity index (χ2n) is 8.19. The summed E-state index contributed by atoms with van der Waals surface area (Å²) in [5, 5.41) is 8.10. The van der Waals surface area contributed by atoms with Crippen molar-refractivity contribution >= 4 is 28.8 Å². The first kappa shape index (κ1) is 18.9. The summed E-state index contributed by atoms with van der Waals surface area (Å²) >= 11 is 0. The molecule has 156 valence electrons. The maximum atomic E-state index is 4.81. The molecule has 4 heterocycles. The quantitative estimate of drug-likeness (QED) is 0.671. The van der Waals surface area contributed by atoms with Crippen LogP contribution in [-0.4, -0.2) is 70.8 Å². The summed E-state index contributed by atoms with van der Waals surface area (Å²) in [6, 6.07) is 8.56. The molecule has 0 amide bonds. The molecule has 2 aromatic heterocycles. The minimum absolute atomic E-state index is 0.706. The van der Waals surface area contributed by atoms with Crippen molar-refractivity contribution in [2.75, 3.05) is 61.4 Å². The van der Waals surface area contributed by atoms with E-state index in [-0.39, 0.29) is 0 Å². The van der Waals surface area contributed by atoms with Crippen molar-refractivity contribution in [2.45, 2.75) is 12.8 Å². The number of likely N-dealkylation sites (N-methyl/N-ethyl adjacent to an activating group) is 1. The first-order valence-corrected chi connectivity index (χ1v) is 10.6. The normalized spacial score (nSPS) is 18.2. The number of anilines is 4. The van der Waals surface area contributed by atoms with Crippen LogP contribution in [0, 0.1) is 0 Å². The van der Waals surface area contributed by atoms with Crippen LogP contribution in [0.4, 0.5) is 23.1 Å². The number of aromatic nitrogens is 4. The van der Waals surface area contributed by atoms with Crippen LogP contribution in [0.1, 0.15) is 12.8 Å². The van der Waals surface area contributed by atoms with Gasteiger partial charge in [-0.3, -0.25) is 0 Å². The Balaban J connectivity index is 1.38. The van der Waals surface area contributed by atoms with Gasteiger partial charge in [0.1, 0.15) is 0 Å². The van der Waals surface area contributed by atoms with Crippen molar-refractivity contribution in [3.63, 3.8) is 0 Å². The largest absolute Gasteiger partial charge is 0.369 e. The van der Waals surface area contributed by atoms with Gasteiger partial charge in [0.2, 0.25) is 5.95 Å². The van der Waals surface area contributed by atoms with E-state index in [0.29, 0.717) is 11.8 Å². The molecule has 0 unspecified atom stereocenters. The van der Waals surface area contributed by atoms with Gasteiger partial charge in [0.05, 0.1) is 0 Å². The van der Waals surface area contributed by atoms with Crippen LogP contribution < -0.4 is 15.1 Å². The van der Waals surface area contributed by atoms with E-state index in [9.17, 15) is 0 Å². The third-order valence-corrected chi connectivity index (χ3v) is 5.90. The number of piperidine rings is 1. The lowest BCUT2D eigenvalue weighted by Crippen LogP contribution is -2.44. The van der Waals surface area contributed by atoms with Gasteiger partial charge >= 0.3 is 0 Å². The van der Waals surface area contributed by atoms with Gasteiger partial charge in [-0.05, 0) is 44.2 Å². The molecule has 8 nitrogen and oxygen atoms in total. The van der Waals surface area contributed by atoms with E-state index in [1.54, 1.807) is 10.7 Å². The lowest BCUT2D eigenvalue weighted by atomic mass is 10.1. The molecule has 0 saturated carbocycles. The summed E-state index contributed by atoms with van der Waals surface area (Å²) in [4.78, 5) is 16.2. The Bertz CT molecular complexity index is 1030. The molecule has 2 fully saturated rings. The number of benzene rings is 1. The Kier molecular flexibility index (Phi) is 5.00. The smallest absolute Gasteiger partial charge is 0.246 e. The van der Waals surface area contributed by atoms with Crippen LogP contribution in [0.15, 0.2) is 48.8 Å². The zero-order chi connectivity index (χ0) is 20.5. The van der Waals surface area contributed by atoms with Gasteiger partial charge in [-0.2, -0.15) is 4.98 Å². The maximum absolute atomic E-state index is 4.81. The monoisotopic (exact) mass is 404 g/mol. The first-order valence-electron chi connectivity index (χ1n) is 10.6. The molecule has 2 saturated heterocycles. The van der Waals surface area contributed by atoms with Crippen LogP contribution in [0.5, 0.6) is 0 Å². The summed E-state index contributed by atoms with van der Waals surface area (Å²) < 4.78 is 1.79. The van der Waals surface area contributed by atoms with E-state index in [0.717, 1.165) is 63.4 Å². The molecule has 30 heavy (non-hydrogen) atoms. The Labute approximate surface area is 176 Å². The molecule has 0 radical (unpaired) electrons. The van der Waals surface area contributed by atoms with E-state index < -0.39 is 0 Å². The summed E-state index contributed by atoms with van der Waals surface area (Å²) in [5.41, 5.74) is 4.20. The van der Waals surface area contributed by atoms with Gasteiger partial charge in [-0.15, -0.1) is 5.10 Å². The predicted octanol–water partition coefficient (Wildman–Crippen LogP) is 2.78. The number of hydrogen-bond donors (Lipinski definition) is 1. The Hall–Kier alpha value is -3.13. The van der Waals surface area contributed by atoms with Crippen LogP contribution in [0.3, 0.4) is 0 Å². The number of nitrogens with zero attached hydrogens (tertiary/aromatic N) is 7. The molecule has 0 spiro atoms. The van der Waals surface area contributed by atoms with Crippen molar-refractivity contribution in [2.24, 2.45) is 0 Å². The molecular weight excluding hydrogens is 376 g/mol. The average Bonchev–Trinajstić information content (AvgIpc) is 3.24. The van der Waals surface area contributed by atoms with Crippen molar-refractivity contribution in [3.05, 3.63) is 48.8 Å². The van der Waals surface area contributed by atoms with Crippen molar-refractivity contribution < 1.29 is 0 Å². The molecule has 8 heteroatoms. The van der Waals surface area contributed by atoms with E-state index in [4.69, 9.17) is 4.98 Å². The van der Waals surface area contributed by atoms with Gasteiger partial charge in [0, 0.05) is 63.0 Å². The van der Waals surface area contributed by atoms with Crippen molar-refractivity contribution in [1.82, 2.24) is 24.5 Å². The standard InChI is InChI=1S/C22H28N8/c1-17-4-3-10-29(16-17)22-25-20(21-23-9-11-30(21)26-22)24-18-5-7-19(8-6-18)28-14-12-27(2)13-15-28/h5-9,11H,1,3-4,10,12-16H2,2H3,(H,24,25,26). The molecule has 1 N–H and O–H groups in total. The third-order valence-electron chi connectivity index (χ3n) is 5.90. The van der Waals surface area contributed by atoms with Gasteiger partial charge in [-0.25, -0.2) is 9.50 Å². The molecule has 3 aromatic rings. The second kappa shape index (κ2) is 7.95. The number of nitrogens with one attached hydrogen (secondary N) is 1. The van der Waals surface area contributed by atoms with Crippen LogP contribution >= 0.6 is 0 Å². The van der Waals surface area contributed by atoms with Gasteiger partial charge < -0.3 is 20.0 Å². The fourth-order valence-electron chi connectivity index (χ4n) is 4.11. The lowest BCUT2D eigenvalue weighted by molar-refractivity contribution is 0.313. The Morgan fingerprint density at radius 2 is 1.80 bits per heavy atom. The fraction of sp³-hybridized carbons (Fsp3) is 0.409. The van der Waals surface area contributed by atoms with Gasteiger partial charge in [0.15, 0.2) is 11.5 Å². The van der Waals surface area contributed by atoms with E-state index in [1.807, 2.05) is 6.20 Å². The van der Waals surface area contributed by atoms with Crippen molar-refractivity contribution in [3.8, 4) is 0 Å². The predicted molar refractivity (Wildman–Crippen MR) is 121 cm³/mol. The molecule has 1 aromatic carbocycles. The zero-order valence-electron chi connectivity index (χ0n) is 17.5. The third kappa shape index (κ3) is 3.82. The highest BCUT2D eigenvalue weighted by molar-refractivity contribution is 5.71. The fourth-order valence-corrected chi connectivity index (χ4v) is 4.11. The minimum Gasteiger partial charge on any atom is -0.369 e. The summed E-state index contributed by atoms with van der Waals surface area (Å²) in [7, 11) is 2.18. The maximum Gasteiger partial charge on any atom is 0.246 e. The highest BCUT2D eigenvalue weighted by Crippen LogP contribution is 2.25. The van der Waals surface area contributed by atoms with E-state index >= 15 is 0 Å². The number of piperazine rings is 1. The molecule has 0 aliphatic carbocycles. The minimum atomic E-state index is 0.706. The molecule has 0 bridgehead atoms. The first-order chi connectivity index (χ1) is 14.7. The average molecular weight is 405 g/mol. The Morgan fingerprint density at radius 3 is 2.57 bits per heavy atom. The van der Waals surface area contributed by atoms with Gasteiger partial charge in [0.25, 0.3) is 0 Å². The van der Waals surface area contributed by atoms with E-state index in [2.05, 4.69) is 68.0 Å². The SMILES string of the molecule is C=C1CCCN(c2nc(Nc3ccc(N4CCN(C)CC4)cc3)c3nccn3n2)C1. The van der Waals surface area contributed by atoms with Crippen LogP contribution in [0.25, 0.3) is 5.65 Å². The summed E-state index contributed by atoms with van der Waals surface area (Å²) in [6.07, 6.45) is 5.78. The summed E-state index contributed by atoms with van der Waals surface area (Å²) in [5.74, 6) is 1.42. The lowest BCUT2D eigenvalue weighted by Gasteiger charge is -2.34.